The Hall–Kier alpha value is -0.800. The van der Waals surface area contributed by atoms with Crippen molar-refractivity contribution in [3.63, 3.8) is 0 Å². The van der Waals surface area contributed by atoms with Crippen molar-refractivity contribution in [1.29, 1.82) is 0 Å². The lowest BCUT2D eigenvalue weighted by molar-refractivity contribution is 0.135. The van der Waals surface area contributed by atoms with Gasteiger partial charge in [0.25, 0.3) is 0 Å². The Morgan fingerprint density at radius 3 is 2.75 bits per heavy atom. The average Bonchev–Trinajstić information content (AvgIpc) is 2.25. The zero-order chi connectivity index (χ0) is 12.0. The first-order valence-corrected chi connectivity index (χ1v) is 5.70. The number of methoxy groups -OCH3 is 1. The molecule has 0 aromatic heterocycles. The number of hydrogen-bond donors (Lipinski definition) is 0. The Morgan fingerprint density at radius 1 is 1.38 bits per heavy atom. The van der Waals surface area contributed by atoms with E-state index in [4.69, 9.17) is 21.1 Å². The first kappa shape index (κ1) is 13.3. The number of hydrogen-bond acceptors (Lipinski definition) is 2. The molecule has 1 aromatic carbocycles. The van der Waals surface area contributed by atoms with E-state index >= 15 is 0 Å². The lowest BCUT2D eigenvalue weighted by Crippen LogP contribution is -2.14. The van der Waals surface area contributed by atoms with Crippen LogP contribution in [0.25, 0.3) is 0 Å². The summed E-state index contributed by atoms with van der Waals surface area (Å²) < 4.78 is 23.7. The van der Waals surface area contributed by atoms with Gasteiger partial charge in [0.2, 0.25) is 0 Å². The van der Waals surface area contributed by atoms with Crippen LogP contribution in [0.3, 0.4) is 0 Å². The maximum Gasteiger partial charge on any atom is 0.127 e. The van der Waals surface area contributed by atoms with Gasteiger partial charge in [0.1, 0.15) is 11.6 Å². The molecule has 0 radical (unpaired) electrons. The van der Waals surface area contributed by atoms with Crippen LogP contribution in [0.1, 0.15) is 18.9 Å². The van der Waals surface area contributed by atoms with Crippen LogP contribution in [0.15, 0.2) is 18.2 Å². The Labute approximate surface area is 100 Å². The van der Waals surface area contributed by atoms with E-state index in [1.54, 1.807) is 13.2 Å². The highest BCUT2D eigenvalue weighted by Gasteiger charge is 2.06. The number of benzene rings is 1. The molecule has 1 aromatic rings. The van der Waals surface area contributed by atoms with Crippen molar-refractivity contribution in [2.24, 2.45) is 0 Å². The molecule has 1 unspecified atom stereocenters. The largest absolute Gasteiger partial charge is 0.491 e. The van der Waals surface area contributed by atoms with Gasteiger partial charge in [0.15, 0.2) is 0 Å². The maximum atomic E-state index is 13.2. The van der Waals surface area contributed by atoms with Crippen molar-refractivity contribution in [3.8, 4) is 5.75 Å². The number of rotatable bonds is 6. The summed E-state index contributed by atoms with van der Waals surface area (Å²) >= 11 is 5.65. The summed E-state index contributed by atoms with van der Waals surface area (Å²) in [6.07, 6.45) is 0.758. The van der Waals surface area contributed by atoms with Crippen molar-refractivity contribution in [3.05, 3.63) is 29.6 Å². The molecule has 2 nitrogen and oxygen atoms in total. The van der Waals surface area contributed by atoms with Crippen LogP contribution in [0.4, 0.5) is 4.39 Å². The van der Waals surface area contributed by atoms with Gasteiger partial charge in [-0.25, -0.2) is 4.39 Å². The molecule has 0 heterocycles. The third-order valence-electron chi connectivity index (χ3n) is 2.15. The van der Waals surface area contributed by atoms with Crippen LogP contribution in [0.5, 0.6) is 5.75 Å². The van der Waals surface area contributed by atoms with Crippen molar-refractivity contribution >= 4 is 11.6 Å². The van der Waals surface area contributed by atoms with Gasteiger partial charge in [-0.3, -0.25) is 0 Å². The van der Waals surface area contributed by atoms with E-state index in [1.165, 1.54) is 12.1 Å². The molecule has 0 N–H and O–H groups in total. The molecule has 0 bridgehead atoms. The van der Waals surface area contributed by atoms with Gasteiger partial charge in [0, 0.05) is 32.1 Å². The highest BCUT2D eigenvalue weighted by molar-refractivity contribution is 6.17. The van der Waals surface area contributed by atoms with E-state index in [1.807, 2.05) is 6.92 Å². The molecule has 0 amide bonds. The van der Waals surface area contributed by atoms with Crippen LogP contribution in [0, 0.1) is 5.82 Å². The molecule has 4 heteroatoms. The molecule has 0 aliphatic carbocycles. The van der Waals surface area contributed by atoms with Gasteiger partial charge in [-0.05, 0) is 24.6 Å². The highest BCUT2D eigenvalue weighted by Crippen LogP contribution is 2.19. The quantitative estimate of drug-likeness (QED) is 0.717. The normalized spacial score (nSPS) is 12.5. The highest BCUT2D eigenvalue weighted by atomic mass is 35.5. The molecule has 16 heavy (non-hydrogen) atoms. The second kappa shape index (κ2) is 6.71. The first-order valence-electron chi connectivity index (χ1n) is 5.16. The number of alkyl halides is 1. The summed E-state index contributed by atoms with van der Waals surface area (Å²) in [5.41, 5.74) is 0.718. The standard InChI is InChI=1S/C12H16ClFO2/c1-9(3-4-15-2)16-12-6-10(8-13)5-11(14)7-12/h5-7,9H,3-4,8H2,1-2H3. The maximum absolute atomic E-state index is 13.2. The van der Waals surface area contributed by atoms with Crippen molar-refractivity contribution < 1.29 is 13.9 Å². The van der Waals surface area contributed by atoms with Crippen molar-refractivity contribution in [1.82, 2.24) is 0 Å². The zero-order valence-corrected chi connectivity index (χ0v) is 10.3. The molecule has 0 saturated carbocycles. The summed E-state index contributed by atoms with van der Waals surface area (Å²) in [4.78, 5) is 0. The second-order valence-electron chi connectivity index (χ2n) is 3.64. The minimum atomic E-state index is -0.327. The van der Waals surface area contributed by atoms with Crippen LogP contribution in [-0.2, 0) is 10.6 Å². The van der Waals surface area contributed by atoms with E-state index in [0.717, 1.165) is 12.0 Å². The zero-order valence-electron chi connectivity index (χ0n) is 9.50. The molecular formula is C12H16ClFO2. The lowest BCUT2D eigenvalue weighted by Gasteiger charge is -2.14. The van der Waals surface area contributed by atoms with Gasteiger partial charge in [-0.1, -0.05) is 0 Å². The van der Waals surface area contributed by atoms with Gasteiger partial charge < -0.3 is 9.47 Å². The minimum absolute atomic E-state index is 0.00933. The summed E-state index contributed by atoms with van der Waals surface area (Å²) in [6.45, 7) is 2.54. The number of ether oxygens (including phenoxy) is 2. The molecule has 0 aliphatic heterocycles. The van der Waals surface area contributed by atoms with Crippen LogP contribution < -0.4 is 4.74 Å². The van der Waals surface area contributed by atoms with E-state index in [2.05, 4.69) is 0 Å². The predicted octanol–water partition coefficient (Wildman–Crippen LogP) is 3.37. The van der Waals surface area contributed by atoms with Crippen molar-refractivity contribution in [2.75, 3.05) is 13.7 Å². The SMILES string of the molecule is COCCC(C)Oc1cc(F)cc(CCl)c1. The topological polar surface area (TPSA) is 18.5 Å². The third kappa shape index (κ3) is 4.37. The Bertz CT molecular complexity index is 331. The molecule has 1 atom stereocenters. The monoisotopic (exact) mass is 246 g/mol. The third-order valence-corrected chi connectivity index (χ3v) is 2.46. The van der Waals surface area contributed by atoms with E-state index in [0.29, 0.717) is 12.4 Å². The second-order valence-corrected chi connectivity index (χ2v) is 3.91. The first-order chi connectivity index (χ1) is 7.65. The van der Waals surface area contributed by atoms with Gasteiger partial charge in [-0.2, -0.15) is 0 Å². The van der Waals surface area contributed by atoms with Gasteiger partial charge >= 0.3 is 0 Å². The smallest absolute Gasteiger partial charge is 0.127 e. The van der Waals surface area contributed by atoms with Crippen LogP contribution >= 0.6 is 11.6 Å². The summed E-state index contributed by atoms with van der Waals surface area (Å²) in [5.74, 6) is 0.465. The fourth-order valence-electron chi connectivity index (χ4n) is 1.34. The van der Waals surface area contributed by atoms with E-state index in [9.17, 15) is 4.39 Å². The summed E-state index contributed by atoms with van der Waals surface area (Å²) in [5, 5.41) is 0. The molecule has 0 fully saturated rings. The predicted molar refractivity (Wildman–Crippen MR) is 62.5 cm³/mol. The lowest BCUT2D eigenvalue weighted by atomic mass is 10.2. The molecule has 0 aliphatic rings. The fraction of sp³-hybridized carbons (Fsp3) is 0.500. The Balaban J connectivity index is 2.61. The fourth-order valence-corrected chi connectivity index (χ4v) is 1.50. The molecule has 90 valence electrons. The number of halogens is 2. The molecule has 0 saturated heterocycles. The van der Waals surface area contributed by atoms with Crippen LogP contribution in [-0.4, -0.2) is 19.8 Å². The van der Waals surface area contributed by atoms with Crippen LogP contribution in [0.2, 0.25) is 0 Å². The average molecular weight is 247 g/mol. The molecule has 0 spiro atoms. The molecular weight excluding hydrogens is 231 g/mol. The van der Waals surface area contributed by atoms with Gasteiger partial charge in [-0.15, -0.1) is 11.6 Å². The summed E-state index contributed by atoms with van der Waals surface area (Å²) in [7, 11) is 1.64. The minimum Gasteiger partial charge on any atom is -0.491 e. The molecule has 1 rings (SSSR count). The Morgan fingerprint density at radius 2 is 2.12 bits per heavy atom. The van der Waals surface area contributed by atoms with E-state index in [-0.39, 0.29) is 17.8 Å². The van der Waals surface area contributed by atoms with Gasteiger partial charge in [0.05, 0.1) is 6.10 Å². The van der Waals surface area contributed by atoms with E-state index < -0.39 is 0 Å². The summed E-state index contributed by atoms with van der Waals surface area (Å²) in [6, 6.07) is 4.51. The van der Waals surface area contributed by atoms with Crippen molar-refractivity contribution in [2.45, 2.75) is 25.3 Å². The Kier molecular flexibility index (Phi) is 5.56.